The molecule has 7 nitrogen and oxygen atoms in total. The molecule has 0 aliphatic carbocycles. The molecule has 0 saturated carbocycles. The van der Waals surface area contributed by atoms with Gasteiger partial charge in [0.25, 0.3) is 0 Å². The Hall–Kier alpha value is -4.65. The highest BCUT2D eigenvalue weighted by atomic mass is 16.5. The number of carbonyl (C=O) groups is 1. The first-order chi connectivity index (χ1) is 18.5. The zero-order valence-corrected chi connectivity index (χ0v) is 21.2. The third-order valence-corrected chi connectivity index (χ3v) is 6.28. The van der Waals surface area contributed by atoms with Crippen LogP contribution in [0.15, 0.2) is 95.5 Å². The summed E-state index contributed by atoms with van der Waals surface area (Å²) in [7, 11) is 0. The summed E-state index contributed by atoms with van der Waals surface area (Å²) in [5.41, 5.74) is 5.77. The van der Waals surface area contributed by atoms with E-state index in [1.807, 2.05) is 103 Å². The smallest absolute Gasteiger partial charge is 0.303 e. The Morgan fingerprint density at radius 1 is 0.947 bits per heavy atom. The molecule has 192 valence electrons. The van der Waals surface area contributed by atoms with Gasteiger partial charge >= 0.3 is 5.97 Å². The number of oxazole rings is 1. The summed E-state index contributed by atoms with van der Waals surface area (Å²) in [6.45, 7) is 2.81. The molecule has 0 bridgehead atoms. The van der Waals surface area contributed by atoms with E-state index < -0.39 is 5.97 Å². The number of nitrogens with zero attached hydrogens (tertiary/aromatic N) is 3. The van der Waals surface area contributed by atoms with Gasteiger partial charge in [-0.2, -0.15) is 5.10 Å². The summed E-state index contributed by atoms with van der Waals surface area (Å²) in [4.78, 5) is 15.6. The van der Waals surface area contributed by atoms with Crippen LogP contribution >= 0.6 is 0 Å². The molecule has 0 radical (unpaired) electrons. The van der Waals surface area contributed by atoms with Crippen molar-refractivity contribution in [3.63, 3.8) is 0 Å². The highest BCUT2D eigenvalue weighted by Gasteiger charge is 2.14. The lowest BCUT2D eigenvalue weighted by molar-refractivity contribution is -0.137. The van der Waals surface area contributed by atoms with Gasteiger partial charge in [-0.05, 0) is 55.2 Å². The SMILES string of the molecule is Cc1oc(-c2ccccc2)nc1COc1ccc(Cn2cc(CCCC(=O)O)c(-c3ccccc3)n2)cc1. The van der Waals surface area contributed by atoms with Gasteiger partial charge in [-0.25, -0.2) is 4.98 Å². The van der Waals surface area contributed by atoms with Gasteiger partial charge in [-0.1, -0.05) is 60.7 Å². The van der Waals surface area contributed by atoms with Crippen LogP contribution < -0.4 is 4.74 Å². The van der Waals surface area contributed by atoms with Gasteiger partial charge < -0.3 is 14.3 Å². The van der Waals surface area contributed by atoms with Crippen LogP contribution in [0.1, 0.15) is 35.4 Å². The number of carboxylic acid groups (broad SMARTS) is 1. The van der Waals surface area contributed by atoms with Gasteiger partial charge in [0.15, 0.2) is 0 Å². The molecule has 0 saturated heterocycles. The van der Waals surface area contributed by atoms with Gasteiger partial charge in [0.2, 0.25) is 5.89 Å². The van der Waals surface area contributed by atoms with E-state index in [-0.39, 0.29) is 6.42 Å². The maximum Gasteiger partial charge on any atom is 0.303 e. The van der Waals surface area contributed by atoms with Crippen molar-refractivity contribution in [2.75, 3.05) is 0 Å². The predicted molar refractivity (Wildman–Crippen MR) is 145 cm³/mol. The summed E-state index contributed by atoms with van der Waals surface area (Å²) < 4.78 is 13.7. The normalized spacial score (nSPS) is 11.0. The Kier molecular flexibility index (Phi) is 7.64. The molecule has 0 aliphatic rings. The number of hydrogen-bond acceptors (Lipinski definition) is 5. The van der Waals surface area contributed by atoms with Crippen molar-refractivity contribution in [3.05, 3.63) is 114 Å². The van der Waals surface area contributed by atoms with E-state index >= 15 is 0 Å². The number of carboxylic acids is 1. The number of aliphatic carboxylic acids is 1. The lowest BCUT2D eigenvalue weighted by Gasteiger charge is -2.07. The molecule has 2 aromatic heterocycles. The molecular formula is C31H29N3O4. The van der Waals surface area contributed by atoms with Crippen molar-refractivity contribution in [3.8, 4) is 28.5 Å². The van der Waals surface area contributed by atoms with Crippen LogP contribution in [-0.2, 0) is 24.4 Å². The minimum atomic E-state index is -0.781. The largest absolute Gasteiger partial charge is 0.487 e. The Morgan fingerprint density at radius 2 is 1.63 bits per heavy atom. The second-order valence-electron chi connectivity index (χ2n) is 9.13. The van der Waals surface area contributed by atoms with Gasteiger partial charge in [-0.3, -0.25) is 9.48 Å². The van der Waals surface area contributed by atoms with Crippen molar-refractivity contribution >= 4 is 5.97 Å². The first-order valence-electron chi connectivity index (χ1n) is 12.6. The molecule has 0 unspecified atom stereocenters. The number of rotatable bonds is 11. The van der Waals surface area contributed by atoms with Crippen molar-refractivity contribution in [2.45, 2.75) is 39.3 Å². The molecule has 3 aromatic carbocycles. The minimum Gasteiger partial charge on any atom is -0.487 e. The first-order valence-corrected chi connectivity index (χ1v) is 12.6. The Labute approximate surface area is 221 Å². The molecule has 7 heteroatoms. The monoisotopic (exact) mass is 507 g/mol. The third-order valence-electron chi connectivity index (χ3n) is 6.28. The fraction of sp³-hybridized carbons (Fsp3) is 0.194. The maximum atomic E-state index is 11.0. The van der Waals surface area contributed by atoms with E-state index in [0.29, 0.717) is 31.9 Å². The number of hydrogen-bond donors (Lipinski definition) is 1. The Balaban J connectivity index is 1.24. The number of aryl methyl sites for hydroxylation is 2. The van der Waals surface area contributed by atoms with Crippen molar-refractivity contribution in [1.82, 2.24) is 14.8 Å². The molecule has 0 spiro atoms. The molecule has 2 heterocycles. The second-order valence-corrected chi connectivity index (χ2v) is 9.13. The van der Waals surface area contributed by atoms with E-state index in [1.165, 1.54) is 0 Å². The zero-order valence-electron chi connectivity index (χ0n) is 21.2. The molecule has 0 fully saturated rings. The Morgan fingerprint density at radius 3 is 2.32 bits per heavy atom. The van der Waals surface area contributed by atoms with Gasteiger partial charge in [-0.15, -0.1) is 0 Å². The van der Waals surface area contributed by atoms with Crippen LogP contribution in [0.4, 0.5) is 0 Å². The molecule has 5 aromatic rings. The highest BCUT2D eigenvalue weighted by Crippen LogP contribution is 2.25. The summed E-state index contributed by atoms with van der Waals surface area (Å²) in [5.74, 6) is 1.30. The number of ether oxygens (including phenoxy) is 1. The van der Waals surface area contributed by atoms with Gasteiger partial charge in [0.1, 0.15) is 23.8 Å². The van der Waals surface area contributed by atoms with E-state index in [0.717, 1.165) is 45.2 Å². The lowest BCUT2D eigenvalue weighted by Crippen LogP contribution is -2.01. The fourth-order valence-corrected chi connectivity index (χ4v) is 4.29. The van der Waals surface area contributed by atoms with E-state index in [9.17, 15) is 4.79 Å². The zero-order chi connectivity index (χ0) is 26.3. The van der Waals surface area contributed by atoms with Crippen LogP contribution in [0.5, 0.6) is 5.75 Å². The molecule has 0 aliphatic heterocycles. The van der Waals surface area contributed by atoms with Crippen LogP contribution in [0.25, 0.3) is 22.7 Å². The molecular weight excluding hydrogens is 478 g/mol. The van der Waals surface area contributed by atoms with Gasteiger partial charge in [0.05, 0.1) is 12.2 Å². The van der Waals surface area contributed by atoms with Crippen molar-refractivity contribution in [2.24, 2.45) is 0 Å². The van der Waals surface area contributed by atoms with Crippen LogP contribution in [0, 0.1) is 6.92 Å². The average molecular weight is 508 g/mol. The van der Waals surface area contributed by atoms with Crippen LogP contribution in [0.2, 0.25) is 0 Å². The molecule has 0 amide bonds. The first kappa shape index (κ1) is 25.0. The molecule has 5 rings (SSSR count). The van der Waals surface area contributed by atoms with E-state index in [2.05, 4.69) is 4.98 Å². The topological polar surface area (TPSA) is 90.4 Å². The van der Waals surface area contributed by atoms with Crippen LogP contribution in [0.3, 0.4) is 0 Å². The molecule has 0 atom stereocenters. The highest BCUT2D eigenvalue weighted by molar-refractivity contribution is 5.67. The summed E-state index contributed by atoms with van der Waals surface area (Å²) in [5, 5.41) is 13.9. The quantitative estimate of drug-likeness (QED) is 0.218. The third kappa shape index (κ3) is 6.18. The van der Waals surface area contributed by atoms with Crippen molar-refractivity contribution < 1.29 is 19.1 Å². The molecule has 1 N–H and O–H groups in total. The average Bonchev–Trinajstić information content (AvgIpc) is 3.52. The predicted octanol–water partition coefficient (Wildman–Crippen LogP) is 6.55. The van der Waals surface area contributed by atoms with Crippen molar-refractivity contribution in [1.29, 1.82) is 0 Å². The Bertz CT molecular complexity index is 1490. The molecule has 38 heavy (non-hydrogen) atoms. The number of aromatic nitrogens is 3. The van der Waals surface area contributed by atoms with Gasteiger partial charge in [0, 0.05) is 23.7 Å². The standard InChI is InChI=1S/C31H29N3O4/c1-22-28(32-31(38-22)25-11-6-3-7-12-25)21-37-27-17-15-23(16-18-27)19-34-20-26(13-8-14-29(35)36)30(33-34)24-9-4-2-5-10-24/h2-7,9-12,15-18,20H,8,13-14,19,21H2,1H3,(H,35,36). The summed E-state index contributed by atoms with van der Waals surface area (Å²) in [6, 6.07) is 27.7. The number of benzene rings is 3. The maximum absolute atomic E-state index is 11.0. The fourth-order valence-electron chi connectivity index (χ4n) is 4.29. The van der Waals surface area contributed by atoms with E-state index in [4.69, 9.17) is 19.4 Å². The minimum absolute atomic E-state index is 0.141. The summed E-state index contributed by atoms with van der Waals surface area (Å²) >= 11 is 0. The van der Waals surface area contributed by atoms with Crippen LogP contribution in [-0.4, -0.2) is 25.8 Å². The lowest BCUT2D eigenvalue weighted by atomic mass is 10.0. The summed E-state index contributed by atoms with van der Waals surface area (Å²) in [6.07, 6.45) is 3.40. The van der Waals surface area contributed by atoms with E-state index in [1.54, 1.807) is 0 Å². The second kappa shape index (κ2) is 11.6.